The van der Waals surface area contributed by atoms with Gasteiger partial charge in [-0.2, -0.15) is 0 Å². The van der Waals surface area contributed by atoms with Crippen molar-refractivity contribution in [3.8, 4) is 0 Å². The smallest absolute Gasteiger partial charge is 0.790 e. The van der Waals surface area contributed by atoms with Gasteiger partial charge in [0.15, 0.2) is 0 Å². The van der Waals surface area contributed by atoms with Gasteiger partial charge in [-0.3, -0.25) is 9.59 Å². The van der Waals surface area contributed by atoms with Crippen molar-refractivity contribution in [3.05, 3.63) is 96.1 Å². The molecule has 0 aliphatic rings. The molecule has 3 aromatic carbocycles. The molecule has 30 heavy (non-hydrogen) atoms. The Balaban J connectivity index is 0.00000225. The number of rotatable bonds is 6. The summed E-state index contributed by atoms with van der Waals surface area (Å²) in [7, 11) is -9.31. The molecular formula is C20H14Li2O6P2. The maximum atomic E-state index is 12.5. The van der Waals surface area contributed by atoms with E-state index in [9.17, 15) is 28.5 Å². The van der Waals surface area contributed by atoms with Crippen molar-refractivity contribution < 1.29 is 66.2 Å². The molecule has 10 heteroatoms. The molecule has 0 aromatic heterocycles. The van der Waals surface area contributed by atoms with Gasteiger partial charge in [0.2, 0.25) is 11.0 Å². The molecule has 0 radical (unpaired) electrons. The summed E-state index contributed by atoms with van der Waals surface area (Å²) in [6.45, 7) is 0. The number of benzene rings is 3. The largest absolute Gasteiger partial charge is 1.00 e. The van der Waals surface area contributed by atoms with Crippen molar-refractivity contribution in [3.63, 3.8) is 0 Å². The monoisotopic (exact) mass is 426 g/mol. The average molecular weight is 426 g/mol. The quantitative estimate of drug-likeness (QED) is 0.293. The van der Waals surface area contributed by atoms with Gasteiger partial charge in [-0.1, -0.05) is 78.9 Å². The zero-order chi connectivity index (χ0) is 20.4. The van der Waals surface area contributed by atoms with Gasteiger partial charge in [0, 0.05) is 21.7 Å². The molecule has 6 nitrogen and oxygen atoms in total. The first-order valence-electron chi connectivity index (χ1n) is 8.18. The van der Waals surface area contributed by atoms with Crippen molar-refractivity contribution in [1.82, 2.24) is 0 Å². The second-order valence-electron chi connectivity index (χ2n) is 5.97. The second-order valence-corrected chi connectivity index (χ2v) is 10.0. The normalized spacial score (nSPS) is 14.2. The van der Waals surface area contributed by atoms with E-state index in [4.69, 9.17) is 0 Å². The third kappa shape index (κ3) is 5.43. The Bertz CT molecular complexity index is 1050. The Morgan fingerprint density at radius 2 is 0.900 bits per heavy atom. The SMILES string of the molecule is O=C(c1cccc(C(=O)P(=O)([O-])c2ccccc2)c1)P(=O)([O-])c1ccccc1.[Li+].[Li+]. The van der Waals surface area contributed by atoms with Gasteiger partial charge >= 0.3 is 37.7 Å². The fourth-order valence-electron chi connectivity index (χ4n) is 2.61. The molecule has 142 valence electrons. The van der Waals surface area contributed by atoms with E-state index < -0.39 is 25.8 Å². The topological polar surface area (TPSA) is 114 Å². The number of carbonyl (C=O) groups is 2. The molecule has 0 fully saturated rings. The van der Waals surface area contributed by atoms with Crippen molar-refractivity contribution in [2.75, 3.05) is 0 Å². The van der Waals surface area contributed by atoms with E-state index in [2.05, 4.69) is 0 Å². The number of carbonyl (C=O) groups excluding carboxylic acids is 2. The van der Waals surface area contributed by atoms with Gasteiger partial charge in [0.1, 0.15) is 14.7 Å². The predicted octanol–water partition coefficient (Wildman–Crippen LogP) is -4.10. The van der Waals surface area contributed by atoms with Crippen LogP contribution in [0.3, 0.4) is 0 Å². The summed E-state index contributed by atoms with van der Waals surface area (Å²) in [5.41, 5.74) is -2.93. The maximum Gasteiger partial charge on any atom is 1.00 e. The van der Waals surface area contributed by atoms with Gasteiger partial charge in [0.05, 0.1) is 0 Å². The van der Waals surface area contributed by atoms with E-state index in [0.717, 1.165) is 6.07 Å². The van der Waals surface area contributed by atoms with Crippen LogP contribution in [0.15, 0.2) is 84.9 Å². The Morgan fingerprint density at radius 3 is 1.23 bits per heavy atom. The summed E-state index contributed by atoms with van der Waals surface area (Å²) in [5.74, 6) is 0. The summed E-state index contributed by atoms with van der Waals surface area (Å²) in [6.07, 6.45) is 0. The van der Waals surface area contributed by atoms with E-state index in [-0.39, 0.29) is 59.5 Å². The van der Waals surface area contributed by atoms with Gasteiger partial charge in [-0.05, 0) is 6.07 Å². The fourth-order valence-corrected chi connectivity index (χ4v) is 5.16. The molecule has 0 bridgehead atoms. The van der Waals surface area contributed by atoms with Crippen molar-refractivity contribution >= 4 is 36.4 Å². The second kappa shape index (κ2) is 10.7. The van der Waals surface area contributed by atoms with Crippen LogP contribution < -0.4 is 58.1 Å². The molecule has 3 rings (SSSR count). The minimum atomic E-state index is -4.65. The van der Waals surface area contributed by atoms with Crippen molar-refractivity contribution in [2.45, 2.75) is 0 Å². The number of hydrogen-bond acceptors (Lipinski definition) is 6. The summed E-state index contributed by atoms with van der Waals surface area (Å²) < 4.78 is 25.0. The Labute approximate surface area is 198 Å². The Kier molecular flexibility index (Phi) is 9.53. The Morgan fingerprint density at radius 1 is 0.567 bits per heavy atom. The van der Waals surface area contributed by atoms with Crippen LogP contribution in [0.4, 0.5) is 0 Å². The molecule has 0 saturated carbocycles. The molecule has 0 heterocycles. The van der Waals surface area contributed by atoms with Crippen LogP contribution in [-0.4, -0.2) is 11.0 Å². The van der Waals surface area contributed by atoms with Gasteiger partial charge in [0.25, 0.3) is 0 Å². The molecule has 0 saturated heterocycles. The van der Waals surface area contributed by atoms with Crippen molar-refractivity contribution in [2.24, 2.45) is 0 Å². The predicted molar refractivity (Wildman–Crippen MR) is 102 cm³/mol. The fraction of sp³-hybridized carbons (Fsp3) is 0. The molecular weight excluding hydrogens is 412 g/mol. The molecule has 0 aliphatic heterocycles. The Hall–Kier alpha value is -1.43. The van der Waals surface area contributed by atoms with E-state index >= 15 is 0 Å². The van der Waals surface area contributed by atoms with Crippen LogP contribution in [0.25, 0.3) is 0 Å². The maximum absolute atomic E-state index is 12.5. The third-order valence-corrected chi connectivity index (χ3v) is 7.63. The van der Waals surface area contributed by atoms with Gasteiger partial charge in [-0.15, -0.1) is 0 Å². The molecule has 0 N–H and O–H groups in total. The zero-order valence-corrected chi connectivity index (χ0v) is 18.2. The molecule has 0 spiro atoms. The van der Waals surface area contributed by atoms with Gasteiger partial charge < -0.3 is 18.9 Å². The minimum Gasteiger partial charge on any atom is -0.790 e. The number of hydrogen-bond donors (Lipinski definition) is 0. The first-order valence-corrected chi connectivity index (χ1v) is 11.4. The molecule has 2 atom stereocenters. The van der Waals surface area contributed by atoms with Crippen LogP contribution in [0.1, 0.15) is 20.7 Å². The van der Waals surface area contributed by atoms with E-state index in [1.54, 1.807) is 12.1 Å². The summed E-state index contributed by atoms with van der Waals surface area (Å²) >= 11 is 0. The van der Waals surface area contributed by atoms with E-state index in [0.29, 0.717) is 0 Å². The first kappa shape index (κ1) is 26.6. The standard InChI is InChI=1S/C20H16O6P2.2Li/c21-19(27(23,24)17-10-3-1-4-11-17)15-8-7-9-16(14-15)20(22)28(25,26)18-12-5-2-6-13-18;;/h1-14H,(H,23,24)(H,25,26);;/q;2*+1/p-2. The van der Waals surface area contributed by atoms with E-state index in [1.165, 1.54) is 66.7 Å². The van der Waals surface area contributed by atoms with Crippen LogP contribution in [0.2, 0.25) is 0 Å². The van der Waals surface area contributed by atoms with Gasteiger partial charge in [-0.25, -0.2) is 0 Å². The summed E-state index contributed by atoms with van der Waals surface area (Å²) in [4.78, 5) is 50.1. The minimum absolute atomic E-state index is 0. The molecule has 0 aliphatic carbocycles. The molecule has 3 aromatic rings. The third-order valence-electron chi connectivity index (χ3n) is 4.08. The van der Waals surface area contributed by atoms with Crippen LogP contribution in [0.5, 0.6) is 0 Å². The zero-order valence-electron chi connectivity index (χ0n) is 16.4. The first-order chi connectivity index (χ1) is 13.2. The van der Waals surface area contributed by atoms with E-state index in [1.807, 2.05) is 0 Å². The molecule has 0 amide bonds. The molecule has 2 unspecified atom stereocenters. The summed E-state index contributed by atoms with van der Waals surface area (Å²) in [5, 5.41) is -0.314. The average Bonchev–Trinajstić information content (AvgIpc) is 2.74. The van der Waals surface area contributed by atoms with Crippen molar-refractivity contribution in [1.29, 1.82) is 0 Å². The van der Waals surface area contributed by atoms with Crippen LogP contribution >= 0.6 is 14.7 Å². The summed E-state index contributed by atoms with van der Waals surface area (Å²) in [6, 6.07) is 19.1. The van der Waals surface area contributed by atoms with Crippen LogP contribution in [0, 0.1) is 0 Å². The van der Waals surface area contributed by atoms with Crippen LogP contribution in [-0.2, 0) is 9.13 Å².